The van der Waals surface area contributed by atoms with E-state index in [2.05, 4.69) is 10.3 Å². The Hall–Kier alpha value is -1.86. The molecule has 1 amide bonds. The van der Waals surface area contributed by atoms with Crippen LogP contribution in [-0.4, -0.2) is 28.6 Å². The number of benzene rings is 1. The van der Waals surface area contributed by atoms with E-state index in [4.69, 9.17) is 5.11 Å². The summed E-state index contributed by atoms with van der Waals surface area (Å²) in [5, 5.41) is 12.3. The Morgan fingerprint density at radius 3 is 2.77 bits per heavy atom. The lowest BCUT2D eigenvalue weighted by Gasteiger charge is -2.05. The average Bonchev–Trinajstić information content (AvgIpc) is 2.83. The third kappa shape index (κ3) is 3.86. The van der Waals surface area contributed by atoms with E-state index in [1.165, 1.54) is 6.07 Å². The second-order valence-corrected chi connectivity index (χ2v) is 5.96. The number of amides is 1. The van der Waals surface area contributed by atoms with Crippen LogP contribution in [0.4, 0.5) is 8.78 Å². The Morgan fingerprint density at radius 1 is 1.41 bits per heavy atom. The van der Waals surface area contributed by atoms with Crippen LogP contribution in [0, 0.1) is 18.6 Å². The highest BCUT2D eigenvalue weighted by Crippen LogP contribution is 2.28. The summed E-state index contributed by atoms with van der Waals surface area (Å²) in [6.07, 6.45) is -0.0276. The molecule has 2 rings (SSSR count). The molecule has 0 radical (unpaired) electrons. The fourth-order valence-corrected chi connectivity index (χ4v) is 2.81. The van der Waals surface area contributed by atoms with Gasteiger partial charge in [-0.3, -0.25) is 4.79 Å². The van der Waals surface area contributed by atoms with Crippen molar-refractivity contribution in [2.75, 3.05) is 6.54 Å². The second kappa shape index (κ2) is 6.93. The quantitative estimate of drug-likeness (QED) is 0.888. The van der Waals surface area contributed by atoms with Crippen LogP contribution in [0.1, 0.15) is 28.7 Å². The van der Waals surface area contributed by atoms with Crippen LogP contribution in [0.25, 0.3) is 10.6 Å². The number of hydrogen-bond acceptors (Lipinski definition) is 4. The van der Waals surface area contributed by atoms with Gasteiger partial charge in [-0.25, -0.2) is 13.8 Å². The van der Waals surface area contributed by atoms with Crippen molar-refractivity contribution in [2.24, 2.45) is 0 Å². The number of nitrogens with zero attached hydrogens (tertiary/aromatic N) is 1. The molecule has 2 aromatic rings. The molecule has 118 valence electrons. The Balaban J connectivity index is 2.17. The summed E-state index contributed by atoms with van der Waals surface area (Å²) in [7, 11) is 0. The lowest BCUT2D eigenvalue weighted by Crippen LogP contribution is -2.26. The summed E-state index contributed by atoms with van der Waals surface area (Å²) in [6, 6.07) is 3.51. The smallest absolute Gasteiger partial charge is 0.263 e. The highest BCUT2D eigenvalue weighted by molar-refractivity contribution is 7.17. The molecular weight excluding hydrogens is 310 g/mol. The average molecular weight is 326 g/mol. The van der Waals surface area contributed by atoms with Gasteiger partial charge in [0.1, 0.15) is 9.88 Å². The number of carbonyl (C=O) groups excluding carboxylic acids is 1. The summed E-state index contributed by atoms with van der Waals surface area (Å²) >= 11 is 1.12. The number of thiazole rings is 1. The first-order valence-electron chi connectivity index (χ1n) is 6.77. The Labute approximate surface area is 130 Å². The van der Waals surface area contributed by atoms with Crippen molar-refractivity contribution in [1.29, 1.82) is 0 Å². The zero-order chi connectivity index (χ0) is 16.3. The first-order chi connectivity index (χ1) is 10.4. The molecule has 0 saturated heterocycles. The van der Waals surface area contributed by atoms with Crippen molar-refractivity contribution in [3.05, 3.63) is 40.4 Å². The molecule has 1 aromatic heterocycles. The van der Waals surface area contributed by atoms with E-state index < -0.39 is 17.7 Å². The van der Waals surface area contributed by atoms with Crippen molar-refractivity contribution in [3.63, 3.8) is 0 Å². The summed E-state index contributed by atoms with van der Waals surface area (Å²) in [6.45, 7) is 3.68. The number of carbonyl (C=O) groups is 1. The maximum Gasteiger partial charge on any atom is 0.263 e. The van der Waals surface area contributed by atoms with E-state index in [1.807, 2.05) is 0 Å². The molecule has 0 saturated carbocycles. The number of halogens is 2. The van der Waals surface area contributed by atoms with Gasteiger partial charge in [-0.15, -0.1) is 11.3 Å². The molecule has 1 aromatic carbocycles. The SMILES string of the molecule is Cc1nc(-c2ccc(F)c(F)c2)sc1C(=O)NCCC(C)O. The minimum Gasteiger partial charge on any atom is -0.393 e. The first kappa shape index (κ1) is 16.5. The van der Waals surface area contributed by atoms with Crippen molar-refractivity contribution >= 4 is 17.2 Å². The molecule has 0 fully saturated rings. The van der Waals surface area contributed by atoms with E-state index >= 15 is 0 Å². The highest BCUT2D eigenvalue weighted by Gasteiger charge is 2.17. The van der Waals surface area contributed by atoms with Gasteiger partial charge in [0.15, 0.2) is 11.6 Å². The third-order valence-corrected chi connectivity index (χ3v) is 4.22. The molecule has 4 nitrogen and oxygen atoms in total. The zero-order valence-electron chi connectivity index (χ0n) is 12.2. The first-order valence-corrected chi connectivity index (χ1v) is 7.59. The summed E-state index contributed by atoms with van der Waals surface area (Å²) in [5.41, 5.74) is 0.953. The molecular formula is C15H16F2N2O2S. The van der Waals surface area contributed by atoms with Gasteiger partial charge < -0.3 is 10.4 Å². The summed E-state index contributed by atoms with van der Waals surface area (Å²) < 4.78 is 26.2. The van der Waals surface area contributed by atoms with Gasteiger partial charge in [-0.2, -0.15) is 0 Å². The van der Waals surface area contributed by atoms with Crippen molar-refractivity contribution in [2.45, 2.75) is 26.4 Å². The molecule has 0 spiro atoms. The molecule has 1 unspecified atom stereocenters. The van der Waals surface area contributed by atoms with E-state index in [0.717, 1.165) is 23.5 Å². The normalized spacial score (nSPS) is 12.2. The second-order valence-electron chi connectivity index (χ2n) is 4.96. The van der Waals surface area contributed by atoms with Crippen LogP contribution in [0.15, 0.2) is 18.2 Å². The van der Waals surface area contributed by atoms with Crippen LogP contribution in [0.3, 0.4) is 0 Å². The van der Waals surface area contributed by atoms with Crippen molar-refractivity contribution in [1.82, 2.24) is 10.3 Å². The van der Waals surface area contributed by atoms with Gasteiger partial charge >= 0.3 is 0 Å². The molecule has 0 bridgehead atoms. The van der Waals surface area contributed by atoms with Gasteiger partial charge in [-0.05, 0) is 38.5 Å². The maximum atomic E-state index is 13.3. The standard InChI is InChI=1S/C15H16F2N2O2S/c1-8(20)5-6-18-14(21)13-9(2)19-15(22-13)10-3-4-11(16)12(17)7-10/h3-4,7-8,20H,5-6H2,1-2H3,(H,18,21). The fraction of sp³-hybridized carbons (Fsp3) is 0.333. The van der Waals surface area contributed by atoms with Gasteiger partial charge in [0.25, 0.3) is 5.91 Å². The molecule has 1 heterocycles. The lowest BCUT2D eigenvalue weighted by molar-refractivity contribution is 0.0949. The number of aryl methyl sites for hydroxylation is 1. The van der Waals surface area contributed by atoms with Crippen LogP contribution in [0.2, 0.25) is 0 Å². The number of nitrogens with one attached hydrogen (secondary N) is 1. The highest BCUT2D eigenvalue weighted by atomic mass is 32.1. The molecule has 22 heavy (non-hydrogen) atoms. The van der Waals surface area contributed by atoms with E-state index in [9.17, 15) is 13.6 Å². The van der Waals surface area contributed by atoms with Gasteiger partial charge in [0.05, 0.1) is 11.8 Å². The van der Waals surface area contributed by atoms with Crippen LogP contribution >= 0.6 is 11.3 Å². The Morgan fingerprint density at radius 2 is 2.14 bits per heavy atom. The molecule has 0 aliphatic heterocycles. The molecule has 2 N–H and O–H groups in total. The largest absolute Gasteiger partial charge is 0.393 e. The lowest BCUT2D eigenvalue weighted by atomic mass is 10.2. The Bertz CT molecular complexity index is 686. The van der Waals surface area contributed by atoms with Crippen LogP contribution < -0.4 is 5.32 Å². The predicted octanol–water partition coefficient (Wildman–Crippen LogP) is 2.90. The summed E-state index contributed by atoms with van der Waals surface area (Å²) in [4.78, 5) is 16.7. The minimum absolute atomic E-state index is 0.288. The van der Waals surface area contributed by atoms with Gasteiger partial charge in [-0.1, -0.05) is 0 Å². The monoisotopic (exact) mass is 326 g/mol. The molecule has 0 aliphatic rings. The van der Waals surface area contributed by atoms with E-state index in [0.29, 0.717) is 34.1 Å². The molecule has 7 heteroatoms. The maximum absolute atomic E-state index is 13.3. The summed E-state index contributed by atoms with van der Waals surface area (Å²) in [5.74, 6) is -2.16. The van der Waals surface area contributed by atoms with Crippen LogP contribution in [-0.2, 0) is 0 Å². The van der Waals surface area contributed by atoms with Gasteiger partial charge in [0, 0.05) is 12.1 Å². The topological polar surface area (TPSA) is 62.2 Å². The molecule has 1 atom stereocenters. The van der Waals surface area contributed by atoms with E-state index in [1.54, 1.807) is 13.8 Å². The Kier molecular flexibility index (Phi) is 5.20. The van der Waals surface area contributed by atoms with Crippen molar-refractivity contribution < 1.29 is 18.7 Å². The number of rotatable bonds is 5. The van der Waals surface area contributed by atoms with Crippen LogP contribution in [0.5, 0.6) is 0 Å². The van der Waals surface area contributed by atoms with Crippen molar-refractivity contribution in [3.8, 4) is 10.6 Å². The zero-order valence-corrected chi connectivity index (χ0v) is 13.0. The number of aromatic nitrogens is 1. The van der Waals surface area contributed by atoms with Gasteiger partial charge in [0.2, 0.25) is 0 Å². The fourth-order valence-electron chi connectivity index (χ4n) is 1.83. The molecule has 0 aliphatic carbocycles. The predicted molar refractivity (Wildman–Crippen MR) is 80.8 cm³/mol. The number of hydrogen-bond donors (Lipinski definition) is 2. The third-order valence-electron chi connectivity index (χ3n) is 3.02. The van der Waals surface area contributed by atoms with E-state index in [-0.39, 0.29) is 5.91 Å². The number of aliphatic hydroxyl groups excluding tert-OH is 1. The number of aliphatic hydroxyl groups is 1. The minimum atomic E-state index is -0.951.